The number of quaternary nitrogens is 6. The van der Waals surface area contributed by atoms with E-state index in [0.717, 1.165) is 24.3 Å². The summed E-state index contributed by atoms with van der Waals surface area (Å²) in [5.41, 5.74) is 8.01. The van der Waals surface area contributed by atoms with Crippen molar-refractivity contribution in [1.82, 2.24) is 0 Å². The zero-order valence-electron chi connectivity index (χ0n) is 89.9. The van der Waals surface area contributed by atoms with Crippen molar-refractivity contribution in [2.24, 2.45) is 9.98 Å². The van der Waals surface area contributed by atoms with Gasteiger partial charge in [0.05, 0.1) is 169 Å². The van der Waals surface area contributed by atoms with Crippen molar-refractivity contribution in [2.75, 3.05) is 164 Å². The van der Waals surface area contributed by atoms with Crippen LogP contribution in [0.4, 0.5) is 0 Å². The van der Waals surface area contributed by atoms with Crippen molar-refractivity contribution >= 4 is 12.4 Å². The average Bonchev–Trinajstić information content (AvgIpc) is 1.41. The predicted molar refractivity (Wildman–Crippen MR) is 564 cm³/mol. The second-order valence-electron chi connectivity index (χ2n) is 43.5. The van der Waals surface area contributed by atoms with Crippen LogP contribution in [0, 0.1) is 13.8 Å². The van der Waals surface area contributed by atoms with Crippen LogP contribution in [0.2, 0.25) is 0 Å². The maximum atomic E-state index is 7.49. The second-order valence-corrected chi connectivity index (χ2v) is 43.5. The van der Waals surface area contributed by atoms with Crippen molar-refractivity contribution in [3.05, 3.63) is 57.6 Å². The van der Waals surface area contributed by atoms with Gasteiger partial charge in [-0.25, -0.2) is 0 Å². The van der Waals surface area contributed by atoms with Gasteiger partial charge in [-0.15, -0.1) is 0 Å². The van der Waals surface area contributed by atoms with Crippen LogP contribution in [0.5, 0.6) is 11.5 Å². The minimum Gasteiger partial charge on any atom is -0.457 e. The minimum absolute atomic E-state index is 0.00819. The molecule has 1 aliphatic heterocycles. The molecule has 2 atom stereocenters. The van der Waals surface area contributed by atoms with Crippen LogP contribution in [-0.4, -0.2) is 215 Å². The molecule has 0 spiro atoms. The Morgan fingerprint density at radius 1 is 0.236 bits per heavy atom. The van der Waals surface area contributed by atoms with Crippen molar-refractivity contribution < 1.29 is 36.4 Å². The number of nitrogens with zero attached hydrogens (tertiary/aromatic N) is 8. The molecule has 2 aromatic rings. The first kappa shape index (κ1) is 116. The molecule has 0 N–H and O–H groups in total. The largest absolute Gasteiger partial charge is 0.457 e. The fraction of sp³-hybridized carbons (Fsp3) is 0.880. The summed E-state index contributed by atoms with van der Waals surface area (Å²) in [5.74, 6) is 1.94. The van der Waals surface area contributed by atoms with Gasteiger partial charge in [0.25, 0.3) is 0 Å². The van der Waals surface area contributed by atoms with Crippen LogP contribution in [0.1, 0.15) is 505 Å². The van der Waals surface area contributed by atoms with E-state index in [4.69, 9.17) is 19.5 Å². The second kappa shape index (κ2) is 68.2. The lowest BCUT2D eigenvalue weighted by atomic mass is 9.69. The molecule has 10 heteroatoms. The zero-order chi connectivity index (χ0) is 92.7. The van der Waals surface area contributed by atoms with Gasteiger partial charge in [0, 0.05) is 23.6 Å². The Labute approximate surface area is 795 Å². The van der Waals surface area contributed by atoms with E-state index in [2.05, 4.69) is 175 Å². The molecule has 4 rings (SSSR count). The van der Waals surface area contributed by atoms with Crippen molar-refractivity contribution in [1.29, 1.82) is 0 Å². The normalized spacial score (nSPS) is 15.3. The number of ether oxygens (including phenoxy) is 2. The first-order valence-corrected chi connectivity index (χ1v) is 57.5. The SMILES string of the molecule is CCCC[N+](CCCC)(CCCC)CCCCC(CCC[N+](CCCC)(CCCC)CCCC)(CCC[N+](CCCC)(CCCC)CCCC)c1cc(C)c2c(c1)C=N[C@H]1CCCC[C@@H]1N=Cc1cc(C(CCCC[N+](CCCC)(CCCC)CCCC)(CCC[N+](CCCC)(CCCC)CCCC)CCC[N+](CCCC)(CCCC)CCCC)cc(C)c1OCO2. The molecule has 10 nitrogen and oxygen atoms in total. The van der Waals surface area contributed by atoms with E-state index in [-0.39, 0.29) is 29.7 Å². The first-order valence-electron chi connectivity index (χ1n) is 57.5. The van der Waals surface area contributed by atoms with Crippen molar-refractivity contribution in [2.45, 2.75) is 508 Å². The third-order valence-corrected chi connectivity index (χ3v) is 32.7. The van der Waals surface area contributed by atoms with Crippen LogP contribution in [0.3, 0.4) is 0 Å². The highest BCUT2D eigenvalue weighted by Gasteiger charge is 2.41. The molecule has 1 saturated carbocycles. The summed E-state index contributed by atoms with van der Waals surface area (Å²) in [7, 11) is 0. The summed E-state index contributed by atoms with van der Waals surface area (Å²) in [6.45, 7) is 81.0. The molecule has 0 bridgehead atoms. The van der Waals surface area contributed by atoms with Crippen LogP contribution < -0.4 is 9.47 Å². The summed E-state index contributed by atoms with van der Waals surface area (Å²) in [6, 6.07) is 11.0. The van der Waals surface area contributed by atoms with Gasteiger partial charge < -0.3 is 36.4 Å². The van der Waals surface area contributed by atoms with Gasteiger partial charge >= 0.3 is 0 Å². The Kier molecular flexibility index (Phi) is 62.5. The Hall–Kier alpha value is -2.86. The van der Waals surface area contributed by atoms with E-state index in [1.54, 1.807) is 11.1 Å². The molecule has 1 aliphatic carbocycles. The summed E-state index contributed by atoms with van der Waals surface area (Å²) >= 11 is 0. The number of benzene rings is 2. The van der Waals surface area contributed by atoms with Gasteiger partial charge in [0.15, 0.2) is 0 Å². The van der Waals surface area contributed by atoms with E-state index in [1.807, 2.05) is 0 Å². The molecule has 2 aliphatic rings. The maximum absolute atomic E-state index is 7.49. The Bertz CT molecular complexity index is 2650. The fourth-order valence-corrected chi connectivity index (χ4v) is 24.1. The van der Waals surface area contributed by atoms with E-state index in [0.29, 0.717) is 0 Å². The third kappa shape index (κ3) is 41.7. The lowest BCUT2D eigenvalue weighted by Crippen LogP contribution is -2.51. The highest BCUT2D eigenvalue weighted by Crippen LogP contribution is 2.46. The fourth-order valence-electron chi connectivity index (χ4n) is 24.1. The Morgan fingerprint density at radius 2 is 0.409 bits per heavy atom. The lowest BCUT2D eigenvalue weighted by molar-refractivity contribution is -0.929. The number of hydrogen-bond acceptors (Lipinski definition) is 4. The number of rotatable bonds is 82. The van der Waals surface area contributed by atoms with Gasteiger partial charge in [0.2, 0.25) is 6.79 Å². The van der Waals surface area contributed by atoms with Gasteiger partial charge in [-0.05, 0) is 277 Å². The molecular formula is C117H226N8O2+6. The molecule has 740 valence electrons. The quantitative estimate of drug-likeness (QED) is 0.0489. The number of aliphatic imine (C=N–C) groups is 2. The molecule has 0 saturated heterocycles. The standard InChI is InChI=1S/C117H226N8O2/c1-21-39-75-120(76-40-22-2,77-41-23-3)93-61-59-69-116(71-63-95-122(81-45-27-7,82-46-28-8)83-47-29-9,72-64-96-123(84-48-30-10,85-49-31-11)86-50-32-12)110-99-106(19)114-108(101-110)103-118-112-67-57-58-68-113(112)119-104-109-102-111(100-107(20)115(109)127-105-126-114)117(73-65-97-124(87-51-33-13,88-52-34-14)89-53-35-15,74-66-98-125(90-54-36-16,91-55-37-17)92-56-38-18)70-60-62-94-121(78-42-24-4,79-43-25-5)80-44-26-6/h99-104,112-113H,21-98,105H2,1-20H3/q+6/t112-,113-/m0/s1. The van der Waals surface area contributed by atoms with Crippen LogP contribution in [0.25, 0.3) is 0 Å². The molecule has 2 aromatic carbocycles. The first-order chi connectivity index (χ1) is 61.8. The van der Waals surface area contributed by atoms with Crippen molar-refractivity contribution in [3.63, 3.8) is 0 Å². The summed E-state index contributed by atoms with van der Waals surface area (Å²) < 4.78 is 22.9. The summed E-state index contributed by atoms with van der Waals surface area (Å²) in [4.78, 5) is 11.9. The van der Waals surface area contributed by atoms with Crippen molar-refractivity contribution in [3.8, 4) is 11.5 Å². The highest BCUT2D eigenvalue weighted by atomic mass is 16.7. The topological polar surface area (TPSA) is 43.2 Å². The van der Waals surface area contributed by atoms with Crippen LogP contribution in [0.15, 0.2) is 34.3 Å². The van der Waals surface area contributed by atoms with Gasteiger partial charge in [0.1, 0.15) is 11.5 Å². The van der Waals surface area contributed by atoms with E-state index in [9.17, 15) is 0 Å². The molecule has 0 amide bonds. The molecule has 0 unspecified atom stereocenters. The molecule has 127 heavy (non-hydrogen) atoms. The predicted octanol–water partition coefficient (Wildman–Crippen LogP) is 32.1. The minimum atomic E-state index is 0.00819. The number of fused-ring (bicyclic) bond motifs is 3. The lowest BCUT2D eigenvalue weighted by Gasteiger charge is -2.43. The molecule has 1 heterocycles. The highest BCUT2D eigenvalue weighted by molar-refractivity contribution is 5.86. The number of aryl methyl sites for hydroxylation is 2. The van der Waals surface area contributed by atoms with Crippen LogP contribution in [-0.2, 0) is 10.8 Å². The molecule has 0 aromatic heterocycles. The monoisotopic (exact) mass is 1780 g/mol. The summed E-state index contributed by atoms with van der Waals surface area (Å²) in [6.07, 6.45) is 74.3. The number of unbranched alkanes of at least 4 members (excludes halogenated alkanes) is 20. The Balaban J connectivity index is 2.18. The van der Waals surface area contributed by atoms with E-state index >= 15 is 0 Å². The maximum Gasteiger partial charge on any atom is 0.230 e. The van der Waals surface area contributed by atoms with E-state index in [1.165, 1.54) is 540 Å². The Morgan fingerprint density at radius 3 is 0.598 bits per heavy atom. The molecule has 0 radical (unpaired) electrons. The van der Waals surface area contributed by atoms with Gasteiger partial charge in [-0.2, -0.15) is 0 Å². The smallest absolute Gasteiger partial charge is 0.230 e. The third-order valence-electron chi connectivity index (χ3n) is 32.7. The van der Waals surface area contributed by atoms with Gasteiger partial charge in [-0.3, -0.25) is 9.98 Å². The summed E-state index contributed by atoms with van der Waals surface area (Å²) in [5, 5.41) is 0. The molecular weight excluding hydrogens is 1550 g/mol. The molecule has 1 fully saturated rings. The van der Waals surface area contributed by atoms with Gasteiger partial charge in [-0.1, -0.05) is 265 Å². The zero-order valence-corrected chi connectivity index (χ0v) is 89.9. The average molecular weight is 1780 g/mol. The van der Waals surface area contributed by atoms with E-state index < -0.39 is 0 Å². The number of hydrogen-bond donors (Lipinski definition) is 0. The van der Waals surface area contributed by atoms with Crippen LogP contribution >= 0.6 is 0 Å².